The van der Waals surface area contributed by atoms with Crippen LogP contribution in [0.4, 0.5) is 5.82 Å². The summed E-state index contributed by atoms with van der Waals surface area (Å²) in [6.07, 6.45) is 5.98. The summed E-state index contributed by atoms with van der Waals surface area (Å²) in [5.41, 5.74) is 1.56. The molecule has 0 atom stereocenters. The molecule has 2 heterocycles. The molecule has 1 aromatic heterocycles. The molecule has 1 amide bonds. The summed E-state index contributed by atoms with van der Waals surface area (Å²) in [5, 5.41) is 3.25. The van der Waals surface area contributed by atoms with Crippen molar-refractivity contribution in [3.8, 4) is 5.75 Å². The Kier molecular flexibility index (Phi) is 5.82. The number of likely N-dealkylation sites (tertiary alicyclic amines) is 1. The van der Waals surface area contributed by atoms with Gasteiger partial charge in [0, 0.05) is 25.7 Å². The van der Waals surface area contributed by atoms with Gasteiger partial charge in [0.2, 0.25) is 0 Å². The minimum absolute atomic E-state index is 0.00297. The summed E-state index contributed by atoms with van der Waals surface area (Å²) in [4.78, 5) is 22.9. The quantitative estimate of drug-likeness (QED) is 0.906. The minimum atomic E-state index is -0.00297. The third-order valence-corrected chi connectivity index (χ3v) is 4.41. The van der Waals surface area contributed by atoms with Crippen molar-refractivity contribution >= 4 is 11.7 Å². The molecule has 0 bridgehead atoms. The molecule has 132 valence electrons. The molecule has 0 aliphatic carbocycles. The summed E-state index contributed by atoms with van der Waals surface area (Å²) in [7, 11) is 1.65. The molecule has 1 aromatic carbocycles. The summed E-state index contributed by atoms with van der Waals surface area (Å²) >= 11 is 0. The summed E-state index contributed by atoms with van der Waals surface area (Å²) in [5.74, 6) is 1.48. The van der Waals surface area contributed by atoms with E-state index in [9.17, 15) is 4.79 Å². The summed E-state index contributed by atoms with van der Waals surface area (Å²) < 4.78 is 5.16. The highest BCUT2D eigenvalue weighted by Gasteiger charge is 2.18. The van der Waals surface area contributed by atoms with E-state index in [1.165, 1.54) is 19.2 Å². The van der Waals surface area contributed by atoms with Crippen molar-refractivity contribution in [2.45, 2.75) is 32.2 Å². The van der Waals surface area contributed by atoms with Crippen LogP contribution in [0.25, 0.3) is 0 Å². The first-order valence-corrected chi connectivity index (χ1v) is 8.74. The maximum atomic E-state index is 12.6. The highest BCUT2D eigenvalue weighted by Crippen LogP contribution is 2.15. The molecule has 3 rings (SSSR count). The second-order valence-electron chi connectivity index (χ2n) is 6.20. The number of anilines is 1. The van der Waals surface area contributed by atoms with Crippen molar-refractivity contribution in [1.29, 1.82) is 0 Å². The smallest absolute Gasteiger partial charge is 0.272 e. The third-order valence-electron chi connectivity index (χ3n) is 4.41. The zero-order chi connectivity index (χ0) is 17.5. The van der Waals surface area contributed by atoms with Gasteiger partial charge in [0.15, 0.2) is 0 Å². The van der Waals surface area contributed by atoms with Crippen LogP contribution in [-0.2, 0) is 6.54 Å². The van der Waals surface area contributed by atoms with E-state index in [2.05, 4.69) is 15.3 Å². The fourth-order valence-corrected chi connectivity index (χ4v) is 2.94. The van der Waals surface area contributed by atoms with Crippen LogP contribution < -0.4 is 10.1 Å². The molecule has 0 saturated carbocycles. The molecule has 0 spiro atoms. The predicted molar refractivity (Wildman–Crippen MR) is 96.7 cm³/mol. The normalized spacial score (nSPS) is 14.7. The van der Waals surface area contributed by atoms with E-state index in [0.29, 0.717) is 18.1 Å². The Balaban J connectivity index is 1.63. The Bertz CT molecular complexity index is 695. The van der Waals surface area contributed by atoms with E-state index in [-0.39, 0.29) is 5.91 Å². The molecule has 2 aromatic rings. The minimum Gasteiger partial charge on any atom is -0.497 e. The van der Waals surface area contributed by atoms with Crippen molar-refractivity contribution in [1.82, 2.24) is 14.9 Å². The number of ether oxygens (including phenoxy) is 1. The average molecular weight is 340 g/mol. The average Bonchev–Trinajstić information content (AvgIpc) is 2.96. The van der Waals surface area contributed by atoms with Gasteiger partial charge in [-0.25, -0.2) is 9.97 Å². The molecule has 6 nitrogen and oxygen atoms in total. The number of methoxy groups -OCH3 is 1. The van der Waals surface area contributed by atoms with Crippen LogP contribution in [0.1, 0.15) is 41.7 Å². The van der Waals surface area contributed by atoms with E-state index in [1.807, 2.05) is 29.2 Å². The molecule has 1 aliphatic heterocycles. The van der Waals surface area contributed by atoms with Gasteiger partial charge in [-0.05, 0) is 30.5 Å². The number of nitrogens with one attached hydrogen (secondary N) is 1. The summed E-state index contributed by atoms with van der Waals surface area (Å²) in [6.45, 7) is 2.26. The molecule has 6 heteroatoms. The Morgan fingerprint density at radius 1 is 1.12 bits per heavy atom. The number of carbonyl (C=O) groups is 1. The number of rotatable bonds is 5. The van der Waals surface area contributed by atoms with Crippen LogP contribution in [0, 0.1) is 0 Å². The number of benzene rings is 1. The fraction of sp³-hybridized carbons (Fsp3) is 0.421. The second kappa shape index (κ2) is 8.46. The van der Waals surface area contributed by atoms with Crippen molar-refractivity contribution in [3.05, 3.63) is 47.9 Å². The van der Waals surface area contributed by atoms with Gasteiger partial charge in [-0.2, -0.15) is 0 Å². The number of carbonyl (C=O) groups excluding carboxylic acids is 1. The lowest BCUT2D eigenvalue weighted by Crippen LogP contribution is -2.32. The molecular weight excluding hydrogens is 316 g/mol. The van der Waals surface area contributed by atoms with Crippen LogP contribution in [0.5, 0.6) is 5.75 Å². The van der Waals surface area contributed by atoms with Crippen molar-refractivity contribution in [2.24, 2.45) is 0 Å². The van der Waals surface area contributed by atoms with Crippen molar-refractivity contribution < 1.29 is 9.53 Å². The van der Waals surface area contributed by atoms with Gasteiger partial charge < -0.3 is 15.0 Å². The third kappa shape index (κ3) is 4.68. The van der Waals surface area contributed by atoms with Crippen LogP contribution in [-0.4, -0.2) is 41.0 Å². The Morgan fingerprint density at radius 3 is 2.52 bits per heavy atom. The second-order valence-corrected chi connectivity index (χ2v) is 6.20. The van der Waals surface area contributed by atoms with Crippen LogP contribution >= 0.6 is 0 Å². The lowest BCUT2D eigenvalue weighted by Gasteiger charge is -2.19. The van der Waals surface area contributed by atoms with E-state index in [4.69, 9.17) is 4.74 Å². The lowest BCUT2D eigenvalue weighted by atomic mass is 10.2. The molecule has 1 saturated heterocycles. The monoisotopic (exact) mass is 340 g/mol. The zero-order valence-electron chi connectivity index (χ0n) is 14.6. The number of amides is 1. The number of nitrogens with zero attached hydrogens (tertiary/aromatic N) is 3. The van der Waals surface area contributed by atoms with E-state index < -0.39 is 0 Å². The number of aromatic nitrogens is 2. The van der Waals surface area contributed by atoms with Gasteiger partial charge in [0.25, 0.3) is 5.91 Å². The maximum absolute atomic E-state index is 12.6. The SMILES string of the molecule is COc1ccc(CNc2cc(C(=O)N3CCCCCC3)ncn2)cc1. The van der Waals surface area contributed by atoms with Gasteiger partial charge in [-0.1, -0.05) is 25.0 Å². The zero-order valence-corrected chi connectivity index (χ0v) is 14.6. The fourth-order valence-electron chi connectivity index (χ4n) is 2.94. The highest BCUT2D eigenvalue weighted by molar-refractivity contribution is 5.92. The number of hydrogen-bond acceptors (Lipinski definition) is 5. The predicted octanol–water partition coefficient (Wildman–Crippen LogP) is 3.11. The maximum Gasteiger partial charge on any atom is 0.272 e. The van der Waals surface area contributed by atoms with Crippen LogP contribution in [0.3, 0.4) is 0 Å². The van der Waals surface area contributed by atoms with Gasteiger partial charge in [0.1, 0.15) is 23.6 Å². The largest absolute Gasteiger partial charge is 0.497 e. The molecule has 1 aliphatic rings. The van der Waals surface area contributed by atoms with E-state index in [0.717, 1.165) is 37.2 Å². The number of hydrogen-bond donors (Lipinski definition) is 1. The molecule has 1 N–H and O–H groups in total. The van der Waals surface area contributed by atoms with Crippen LogP contribution in [0.15, 0.2) is 36.7 Å². The lowest BCUT2D eigenvalue weighted by molar-refractivity contribution is 0.0755. The summed E-state index contributed by atoms with van der Waals surface area (Å²) in [6, 6.07) is 9.57. The molecular formula is C19H24N4O2. The molecule has 0 radical (unpaired) electrons. The topological polar surface area (TPSA) is 67.3 Å². The Hall–Kier alpha value is -2.63. The van der Waals surface area contributed by atoms with Crippen LogP contribution in [0.2, 0.25) is 0 Å². The van der Waals surface area contributed by atoms with E-state index in [1.54, 1.807) is 13.2 Å². The standard InChI is InChI=1S/C19H24N4O2/c1-25-16-8-6-15(7-9-16)13-20-18-12-17(21-14-22-18)19(24)23-10-4-2-3-5-11-23/h6-9,12,14H,2-5,10-11,13H2,1H3,(H,20,21,22). The first-order chi connectivity index (χ1) is 12.3. The highest BCUT2D eigenvalue weighted by atomic mass is 16.5. The van der Waals surface area contributed by atoms with Crippen molar-refractivity contribution in [2.75, 3.05) is 25.5 Å². The molecule has 1 fully saturated rings. The van der Waals surface area contributed by atoms with Gasteiger partial charge in [-0.3, -0.25) is 4.79 Å². The van der Waals surface area contributed by atoms with Crippen molar-refractivity contribution in [3.63, 3.8) is 0 Å². The first-order valence-electron chi connectivity index (χ1n) is 8.74. The van der Waals surface area contributed by atoms with Gasteiger partial charge in [-0.15, -0.1) is 0 Å². The van der Waals surface area contributed by atoms with Gasteiger partial charge in [0.05, 0.1) is 7.11 Å². The van der Waals surface area contributed by atoms with E-state index >= 15 is 0 Å². The van der Waals surface area contributed by atoms with Gasteiger partial charge >= 0.3 is 0 Å². The Labute approximate surface area is 148 Å². The first kappa shape index (κ1) is 17.2. The molecule has 0 unspecified atom stereocenters. The Morgan fingerprint density at radius 2 is 1.84 bits per heavy atom. The molecule has 25 heavy (non-hydrogen) atoms.